The number of rotatable bonds is 4. The van der Waals surface area contributed by atoms with Crippen LogP contribution in [0.25, 0.3) is 11.0 Å². The van der Waals surface area contributed by atoms with E-state index in [1.807, 2.05) is 13.8 Å². The van der Waals surface area contributed by atoms with E-state index in [1.165, 1.54) is 18.7 Å². The number of imidazole rings is 1. The summed E-state index contributed by atoms with van der Waals surface area (Å²) in [6, 6.07) is 6.22. The number of hydrogen-bond acceptors (Lipinski definition) is 2. The van der Waals surface area contributed by atoms with Crippen LogP contribution in [0.1, 0.15) is 44.0 Å². The van der Waals surface area contributed by atoms with Crippen LogP contribution in [0.5, 0.6) is 0 Å². The first-order valence-electron chi connectivity index (χ1n) is 7.54. The molecule has 5 heteroatoms. The van der Waals surface area contributed by atoms with Gasteiger partial charge in [-0.05, 0) is 44.4 Å². The van der Waals surface area contributed by atoms with E-state index in [-0.39, 0.29) is 12.1 Å². The fourth-order valence-electron chi connectivity index (χ4n) is 2.58. The van der Waals surface area contributed by atoms with E-state index in [4.69, 9.17) is 4.98 Å². The van der Waals surface area contributed by atoms with Crippen molar-refractivity contribution in [3.63, 3.8) is 0 Å². The summed E-state index contributed by atoms with van der Waals surface area (Å²) >= 11 is 0. The summed E-state index contributed by atoms with van der Waals surface area (Å²) in [6.45, 7) is 4.40. The molecule has 0 unspecified atom stereocenters. The zero-order chi connectivity index (χ0) is 15.0. The monoisotopic (exact) mass is 286 g/mol. The van der Waals surface area contributed by atoms with Gasteiger partial charge in [-0.1, -0.05) is 6.07 Å². The fourth-order valence-corrected chi connectivity index (χ4v) is 2.58. The molecule has 1 aliphatic rings. The largest absolute Gasteiger partial charge is 0.336 e. The quantitative estimate of drug-likeness (QED) is 0.907. The number of amides is 2. The third-order valence-corrected chi connectivity index (χ3v) is 3.80. The summed E-state index contributed by atoms with van der Waals surface area (Å²) in [5.74, 6) is 1.83. The van der Waals surface area contributed by atoms with Gasteiger partial charge >= 0.3 is 6.03 Å². The van der Waals surface area contributed by atoms with Crippen LogP contribution in [0, 0.1) is 0 Å². The van der Waals surface area contributed by atoms with Gasteiger partial charge < -0.3 is 15.2 Å². The van der Waals surface area contributed by atoms with Gasteiger partial charge in [0.05, 0.1) is 11.0 Å². The average molecular weight is 286 g/mol. The number of aromatic nitrogens is 2. The third-order valence-electron chi connectivity index (χ3n) is 3.80. The van der Waals surface area contributed by atoms with Crippen LogP contribution in [0.4, 0.5) is 4.79 Å². The molecule has 1 aromatic heterocycles. The molecular weight excluding hydrogens is 264 g/mol. The Morgan fingerprint density at radius 2 is 2.19 bits per heavy atom. The number of nitrogens with one attached hydrogen (secondary N) is 2. The van der Waals surface area contributed by atoms with Crippen molar-refractivity contribution in [3.05, 3.63) is 29.6 Å². The smallest absolute Gasteiger partial charge is 0.315 e. The first-order chi connectivity index (χ1) is 10.0. The lowest BCUT2D eigenvalue weighted by molar-refractivity contribution is 0.238. The molecule has 1 saturated carbocycles. The molecule has 5 nitrogen and oxygen atoms in total. The first kappa shape index (κ1) is 13.9. The van der Waals surface area contributed by atoms with Crippen molar-refractivity contribution >= 4 is 17.1 Å². The molecule has 3 rings (SSSR count). The summed E-state index contributed by atoms with van der Waals surface area (Å²) < 4.78 is 2.19. The summed E-state index contributed by atoms with van der Waals surface area (Å²) in [7, 11) is 2.08. The van der Waals surface area contributed by atoms with E-state index in [0.29, 0.717) is 12.5 Å². The Morgan fingerprint density at radius 3 is 2.86 bits per heavy atom. The SMILES string of the molecule is CC(C)NC(=O)NCc1ccc2c(c1)nc(C1CC1)n2C. The molecule has 0 bridgehead atoms. The van der Waals surface area contributed by atoms with Gasteiger partial charge in [0, 0.05) is 25.6 Å². The van der Waals surface area contributed by atoms with Crippen LogP contribution >= 0.6 is 0 Å². The lowest BCUT2D eigenvalue weighted by Crippen LogP contribution is -2.39. The highest BCUT2D eigenvalue weighted by atomic mass is 16.2. The molecule has 112 valence electrons. The number of carbonyl (C=O) groups is 1. The minimum absolute atomic E-state index is 0.134. The minimum Gasteiger partial charge on any atom is -0.336 e. The molecule has 1 fully saturated rings. The molecule has 0 spiro atoms. The molecule has 2 amide bonds. The molecule has 0 atom stereocenters. The Bertz CT molecular complexity index is 670. The predicted octanol–water partition coefficient (Wildman–Crippen LogP) is 2.66. The second kappa shape index (κ2) is 5.39. The first-order valence-corrected chi connectivity index (χ1v) is 7.54. The average Bonchev–Trinajstić information content (AvgIpc) is 3.21. The van der Waals surface area contributed by atoms with Gasteiger partial charge in [0.15, 0.2) is 0 Å². The number of urea groups is 1. The van der Waals surface area contributed by atoms with Crippen LogP contribution in [0.2, 0.25) is 0 Å². The standard InChI is InChI=1S/C16H22N4O/c1-10(2)18-16(21)17-9-11-4-7-14-13(8-11)19-15(20(14)3)12-5-6-12/h4,7-8,10,12H,5-6,9H2,1-3H3,(H2,17,18,21). The summed E-state index contributed by atoms with van der Waals surface area (Å²) in [4.78, 5) is 16.3. The topological polar surface area (TPSA) is 59.0 Å². The zero-order valence-electron chi connectivity index (χ0n) is 12.8. The lowest BCUT2D eigenvalue weighted by Gasteiger charge is -2.10. The van der Waals surface area contributed by atoms with Crippen LogP contribution in [-0.2, 0) is 13.6 Å². The maximum Gasteiger partial charge on any atom is 0.315 e. The normalized spacial score (nSPS) is 14.7. The highest BCUT2D eigenvalue weighted by Crippen LogP contribution is 2.40. The zero-order valence-corrected chi connectivity index (χ0v) is 12.8. The maximum atomic E-state index is 11.6. The summed E-state index contributed by atoms with van der Waals surface area (Å²) in [5.41, 5.74) is 3.25. The van der Waals surface area contributed by atoms with E-state index in [1.54, 1.807) is 0 Å². The van der Waals surface area contributed by atoms with Gasteiger partial charge in [0.25, 0.3) is 0 Å². The number of nitrogens with zero attached hydrogens (tertiary/aromatic N) is 2. The fraction of sp³-hybridized carbons (Fsp3) is 0.500. The Kier molecular flexibility index (Phi) is 3.57. The van der Waals surface area contributed by atoms with Crippen LogP contribution in [0.15, 0.2) is 18.2 Å². The number of fused-ring (bicyclic) bond motifs is 1. The number of carbonyl (C=O) groups excluding carboxylic acids is 1. The van der Waals surface area contributed by atoms with Gasteiger partial charge in [0.1, 0.15) is 5.82 Å². The Morgan fingerprint density at radius 1 is 1.43 bits per heavy atom. The molecule has 0 saturated heterocycles. The molecule has 0 radical (unpaired) electrons. The van der Waals surface area contributed by atoms with Crippen molar-refractivity contribution in [2.24, 2.45) is 7.05 Å². The summed E-state index contributed by atoms with van der Waals surface area (Å²) in [6.07, 6.45) is 2.50. The van der Waals surface area contributed by atoms with Gasteiger partial charge in [-0.25, -0.2) is 9.78 Å². The van der Waals surface area contributed by atoms with Gasteiger partial charge in [-0.15, -0.1) is 0 Å². The lowest BCUT2D eigenvalue weighted by atomic mass is 10.2. The molecule has 2 N–H and O–H groups in total. The van der Waals surface area contributed by atoms with Crippen molar-refractivity contribution in [1.29, 1.82) is 0 Å². The van der Waals surface area contributed by atoms with Crippen LogP contribution in [-0.4, -0.2) is 21.6 Å². The Balaban J connectivity index is 1.73. The molecule has 0 aliphatic heterocycles. The van der Waals surface area contributed by atoms with Gasteiger partial charge in [0.2, 0.25) is 0 Å². The second-order valence-electron chi connectivity index (χ2n) is 6.11. The Labute approximate surface area is 124 Å². The van der Waals surface area contributed by atoms with E-state index < -0.39 is 0 Å². The van der Waals surface area contributed by atoms with Crippen molar-refractivity contribution in [2.75, 3.05) is 0 Å². The van der Waals surface area contributed by atoms with Crippen molar-refractivity contribution in [2.45, 2.75) is 45.2 Å². The molecule has 2 aromatic rings. The van der Waals surface area contributed by atoms with Crippen molar-refractivity contribution in [3.8, 4) is 0 Å². The molecular formula is C16H22N4O. The van der Waals surface area contributed by atoms with Gasteiger partial charge in [-0.3, -0.25) is 0 Å². The highest BCUT2D eigenvalue weighted by molar-refractivity contribution is 5.78. The van der Waals surface area contributed by atoms with Gasteiger partial charge in [-0.2, -0.15) is 0 Å². The van der Waals surface area contributed by atoms with Crippen LogP contribution < -0.4 is 10.6 Å². The van der Waals surface area contributed by atoms with Crippen LogP contribution in [0.3, 0.4) is 0 Å². The number of aryl methyl sites for hydroxylation is 1. The highest BCUT2D eigenvalue weighted by Gasteiger charge is 2.28. The molecule has 1 aliphatic carbocycles. The number of hydrogen-bond donors (Lipinski definition) is 2. The van der Waals surface area contributed by atoms with Crippen molar-refractivity contribution < 1.29 is 4.79 Å². The van der Waals surface area contributed by atoms with E-state index in [9.17, 15) is 4.79 Å². The van der Waals surface area contributed by atoms with Crippen molar-refractivity contribution in [1.82, 2.24) is 20.2 Å². The van der Waals surface area contributed by atoms with E-state index >= 15 is 0 Å². The Hall–Kier alpha value is -2.04. The number of benzene rings is 1. The predicted molar refractivity (Wildman–Crippen MR) is 83.2 cm³/mol. The van der Waals surface area contributed by atoms with E-state index in [0.717, 1.165) is 16.6 Å². The maximum absolute atomic E-state index is 11.6. The molecule has 1 aromatic carbocycles. The second-order valence-corrected chi connectivity index (χ2v) is 6.11. The minimum atomic E-state index is -0.134. The van der Waals surface area contributed by atoms with E-state index in [2.05, 4.69) is 40.4 Å². The summed E-state index contributed by atoms with van der Waals surface area (Å²) in [5, 5.41) is 5.68. The molecule has 21 heavy (non-hydrogen) atoms. The molecule has 1 heterocycles. The third kappa shape index (κ3) is 3.01.